The first-order valence-electron chi connectivity index (χ1n) is 8.57. The summed E-state index contributed by atoms with van der Waals surface area (Å²) in [5.41, 5.74) is 10.7. The lowest BCUT2D eigenvalue weighted by Gasteiger charge is -2.25. The minimum atomic E-state index is -0.128. The lowest BCUT2D eigenvalue weighted by Crippen LogP contribution is -2.32. The second-order valence-corrected chi connectivity index (χ2v) is 6.50. The van der Waals surface area contributed by atoms with Gasteiger partial charge in [0, 0.05) is 6.42 Å². The molecule has 2 aromatic rings. The number of benzene rings is 2. The Morgan fingerprint density at radius 3 is 2.61 bits per heavy atom. The molecule has 0 radical (unpaired) electrons. The number of hydrogen-bond donors (Lipinski definition) is 1. The van der Waals surface area contributed by atoms with Crippen molar-refractivity contribution in [2.75, 3.05) is 6.61 Å². The number of hydrogen-bond acceptors (Lipinski definition) is 3. The second-order valence-electron chi connectivity index (χ2n) is 6.50. The molecule has 0 saturated carbocycles. The zero-order valence-electron chi connectivity index (χ0n) is 13.3. The number of fused-ring (bicyclic) bond motifs is 2. The number of ether oxygens (including phenoxy) is 2. The molecule has 1 aliphatic carbocycles. The lowest BCUT2D eigenvalue weighted by molar-refractivity contribution is 0.162. The maximum Gasteiger partial charge on any atom is 0.161 e. The first kappa shape index (κ1) is 14.6. The highest BCUT2D eigenvalue weighted by Crippen LogP contribution is 2.34. The van der Waals surface area contributed by atoms with E-state index in [-0.39, 0.29) is 12.1 Å². The summed E-state index contributed by atoms with van der Waals surface area (Å²) in [6.07, 6.45) is 5.71. The van der Waals surface area contributed by atoms with Gasteiger partial charge in [-0.05, 0) is 54.5 Å². The van der Waals surface area contributed by atoms with Crippen molar-refractivity contribution >= 4 is 0 Å². The fourth-order valence-corrected chi connectivity index (χ4v) is 3.60. The second kappa shape index (κ2) is 6.25. The molecule has 1 aliphatic heterocycles. The van der Waals surface area contributed by atoms with Crippen LogP contribution in [0.5, 0.6) is 11.5 Å². The monoisotopic (exact) mass is 309 g/mol. The molecule has 1 heterocycles. The van der Waals surface area contributed by atoms with E-state index >= 15 is 0 Å². The van der Waals surface area contributed by atoms with Crippen molar-refractivity contribution in [3.05, 3.63) is 59.2 Å². The van der Waals surface area contributed by atoms with Crippen molar-refractivity contribution in [3.63, 3.8) is 0 Å². The van der Waals surface area contributed by atoms with Gasteiger partial charge in [0.05, 0.1) is 12.6 Å². The van der Waals surface area contributed by atoms with Gasteiger partial charge in [0.2, 0.25) is 0 Å². The minimum Gasteiger partial charge on any atom is -0.490 e. The Balaban J connectivity index is 1.58. The Morgan fingerprint density at radius 2 is 1.74 bits per heavy atom. The molecule has 0 fully saturated rings. The van der Waals surface area contributed by atoms with Crippen molar-refractivity contribution in [3.8, 4) is 11.5 Å². The van der Waals surface area contributed by atoms with Gasteiger partial charge in [-0.1, -0.05) is 30.3 Å². The quantitative estimate of drug-likeness (QED) is 0.918. The molecule has 3 nitrogen and oxygen atoms in total. The van der Waals surface area contributed by atoms with Gasteiger partial charge in [-0.15, -0.1) is 0 Å². The van der Waals surface area contributed by atoms with Crippen LogP contribution in [0.25, 0.3) is 0 Å². The molecular weight excluding hydrogens is 286 g/mol. The summed E-state index contributed by atoms with van der Waals surface area (Å²) in [6, 6.07) is 14.4. The Hall–Kier alpha value is -2.00. The predicted octanol–water partition coefficient (Wildman–Crippen LogP) is 3.80. The average Bonchev–Trinajstić information content (AvgIpc) is 2.83. The molecule has 23 heavy (non-hydrogen) atoms. The standard InChI is InChI=1S/C20H23NO2/c21-20(16-10-9-14-5-1-2-6-15(14)13-16)19-11-12-22-17-7-3-4-8-18(17)23-19/h3-4,7-10,13,19-20H,1-2,5-6,11-12,21H2. The SMILES string of the molecule is NC(c1ccc2c(c1)CCCC2)C1CCOc2ccccc2O1. The molecule has 120 valence electrons. The van der Waals surface area contributed by atoms with Crippen LogP contribution < -0.4 is 15.2 Å². The predicted molar refractivity (Wildman–Crippen MR) is 91.0 cm³/mol. The number of nitrogens with two attached hydrogens (primary N) is 1. The number of rotatable bonds is 2. The summed E-state index contributed by atoms with van der Waals surface area (Å²) in [5, 5.41) is 0. The van der Waals surface area contributed by atoms with Crippen LogP contribution in [0.4, 0.5) is 0 Å². The van der Waals surface area contributed by atoms with Gasteiger partial charge in [-0.2, -0.15) is 0 Å². The summed E-state index contributed by atoms with van der Waals surface area (Å²) in [4.78, 5) is 0. The van der Waals surface area contributed by atoms with Gasteiger partial charge in [-0.25, -0.2) is 0 Å². The fourth-order valence-electron chi connectivity index (χ4n) is 3.60. The molecule has 0 amide bonds. The van der Waals surface area contributed by atoms with E-state index in [1.807, 2.05) is 24.3 Å². The number of para-hydroxylation sites is 2. The van der Waals surface area contributed by atoms with Crippen LogP contribution in [0, 0.1) is 0 Å². The van der Waals surface area contributed by atoms with E-state index in [1.165, 1.54) is 42.4 Å². The van der Waals surface area contributed by atoms with Crippen LogP contribution in [-0.2, 0) is 12.8 Å². The minimum absolute atomic E-state index is 0.0553. The third kappa shape index (κ3) is 2.93. The molecule has 2 unspecified atom stereocenters. The molecule has 2 atom stereocenters. The normalized spacial score (nSPS) is 21.2. The highest BCUT2D eigenvalue weighted by molar-refractivity contribution is 5.41. The Kier molecular flexibility index (Phi) is 3.96. The summed E-state index contributed by atoms with van der Waals surface area (Å²) < 4.78 is 11.9. The third-order valence-electron chi connectivity index (χ3n) is 4.95. The average molecular weight is 309 g/mol. The molecule has 0 aromatic heterocycles. The number of aryl methyl sites for hydroxylation is 2. The van der Waals surface area contributed by atoms with Gasteiger partial charge in [0.25, 0.3) is 0 Å². The van der Waals surface area contributed by atoms with Crippen molar-refractivity contribution in [2.24, 2.45) is 5.73 Å². The van der Waals surface area contributed by atoms with E-state index in [0.29, 0.717) is 6.61 Å². The first-order chi connectivity index (χ1) is 11.3. The molecular formula is C20H23NO2. The van der Waals surface area contributed by atoms with E-state index in [9.17, 15) is 0 Å². The molecule has 0 bridgehead atoms. The van der Waals surface area contributed by atoms with Crippen LogP contribution in [0.15, 0.2) is 42.5 Å². The van der Waals surface area contributed by atoms with Gasteiger partial charge >= 0.3 is 0 Å². The summed E-state index contributed by atoms with van der Waals surface area (Å²) in [6.45, 7) is 0.639. The van der Waals surface area contributed by atoms with E-state index in [1.54, 1.807) is 0 Å². The molecule has 2 N–H and O–H groups in total. The van der Waals surface area contributed by atoms with Crippen LogP contribution >= 0.6 is 0 Å². The van der Waals surface area contributed by atoms with Crippen molar-refractivity contribution in [1.82, 2.24) is 0 Å². The molecule has 2 aromatic carbocycles. The molecule has 3 heteroatoms. The van der Waals surface area contributed by atoms with E-state index in [0.717, 1.165) is 17.9 Å². The van der Waals surface area contributed by atoms with Gasteiger partial charge in [0.1, 0.15) is 6.10 Å². The van der Waals surface area contributed by atoms with E-state index in [4.69, 9.17) is 15.2 Å². The fraction of sp³-hybridized carbons (Fsp3) is 0.400. The van der Waals surface area contributed by atoms with Crippen LogP contribution in [-0.4, -0.2) is 12.7 Å². The Labute approximate surface area is 137 Å². The van der Waals surface area contributed by atoms with Crippen molar-refractivity contribution in [2.45, 2.75) is 44.2 Å². The summed E-state index contributed by atoms with van der Waals surface area (Å²) >= 11 is 0. The highest BCUT2D eigenvalue weighted by atomic mass is 16.5. The lowest BCUT2D eigenvalue weighted by atomic mass is 9.88. The van der Waals surface area contributed by atoms with E-state index < -0.39 is 0 Å². The van der Waals surface area contributed by atoms with Crippen molar-refractivity contribution in [1.29, 1.82) is 0 Å². The van der Waals surface area contributed by atoms with Crippen LogP contribution in [0.3, 0.4) is 0 Å². The zero-order valence-corrected chi connectivity index (χ0v) is 13.3. The first-order valence-corrected chi connectivity index (χ1v) is 8.57. The largest absolute Gasteiger partial charge is 0.490 e. The summed E-state index contributed by atoms with van der Waals surface area (Å²) in [5.74, 6) is 1.61. The van der Waals surface area contributed by atoms with Crippen molar-refractivity contribution < 1.29 is 9.47 Å². The smallest absolute Gasteiger partial charge is 0.161 e. The zero-order chi connectivity index (χ0) is 15.6. The van der Waals surface area contributed by atoms with E-state index in [2.05, 4.69) is 18.2 Å². The summed E-state index contributed by atoms with van der Waals surface area (Å²) in [7, 11) is 0. The third-order valence-corrected chi connectivity index (χ3v) is 4.95. The van der Waals surface area contributed by atoms with Crippen LogP contribution in [0.1, 0.15) is 42.0 Å². The Bertz CT molecular complexity index is 698. The van der Waals surface area contributed by atoms with Gasteiger partial charge in [0.15, 0.2) is 11.5 Å². The molecule has 4 rings (SSSR count). The van der Waals surface area contributed by atoms with Crippen LogP contribution in [0.2, 0.25) is 0 Å². The Morgan fingerprint density at radius 1 is 0.957 bits per heavy atom. The molecule has 2 aliphatic rings. The highest BCUT2D eigenvalue weighted by Gasteiger charge is 2.26. The molecule has 0 spiro atoms. The topological polar surface area (TPSA) is 44.5 Å². The maximum absolute atomic E-state index is 6.55. The molecule has 0 saturated heterocycles. The van der Waals surface area contributed by atoms with Gasteiger partial charge < -0.3 is 15.2 Å². The van der Waals surface area contributed by atoms with Gasteiger partial charge in [-0.3, -0.25) is 0 Å². The maximum atomic E-state index is 6.55.